The van der Waals surface area contributed by atoms with Crippen molar-refractivity contribution in [2.24, 2.45) is 0 Å². The van der Waals surface area contributed by atoms with E-state index in [4.69, 9.17) is 14.2 Å². The molecule has 442 valence electrons. The molecule has 6 heteroatoms. The van der Waals surface area contributed by atoms with Crippen LogP contribution < -0.4 is 0 Å². The van der Waals surface area contributed by atoms with Crippen molar-refractivity contribution in [2.45, 2.75) is 290 Å². The first kappa shape index (κ1) is 73.5. The van der Waals surface area contributed by atoms with Crippen LogP contribution in [0.3, 0.4) is 0 Å². The molecule has 0 aliphatic rings. The average molecular weight is 1080 g/mol. The zero-order valence-electron chi connectivity index (χ0n) is 50.6. The van der Waals surface area contributed by atoms with E-state index in [1.807, 2.05) is 0 Å². The summed E-state index contributed by atoms with van der Waals surface area (Å²) in [5.41, 5.74) is 0. The highest BCUT2D eigenvalue weighted by atomic mass is 16.6. The molecule has 0 aliphatic carbocycles. The molecule has 1 atom stereocenters. The molecule has 1 unspecified atom stereocenters. The van der Waals surface area contributed by atoms with Gasteiger partial charge < -0.3 is 14.2 Å². The molecule has 0 spiro atoms. The first-order valence-corrected chi connectivity index (χ1v) is 32.2. The molecule has 0 fully saturated rings. The van der Waals surface area contributed by atoms with Crippen LogP contribution in [0.15, 0.2) is 134 Å². The van der Waals surface area contributed by atoms with Crippen LogP contribution in [0.1, 0.15) is 284 Å². The van der Waals surface area contributed by atoms with Crippen LogP contribution in [0.25, 0.3) is 0 Å². The summed E-state index contributed by atoms with van der Waals surface area (Å²) in [6.07, 6.45) is 91.6. The van der Waals surface area contributed by atoms with Crippen molar-refractivity contribution in [1.82, 2.24) is 0 Å². The van der Waals surface area contributed by atoms with Gasteiger partial charge in [-0.25, -0.2) is 0 Å². The third-order valence-corrected chi connectivity index (χ3v) is 13.4. The molecular formula is C72H118O6. The van der Waals surface area contributed by atoms with Gasteiger partial charge in [0, 0.05) is 19.3 Å². The summed E-state index contributed by atoms with van der Waals surface area (Å²) in [6.45, 7) is 6.45. The topological polar surface area (TPSA) is 78.9 Å². The zero-order valence-corrected chi connectivity index (χ0v) is 50.6. The molecule has 0 saturated heterocycles. The number of hydrogen-bond acceptors (Lipinski definition) is 6. The third kappa shape index (κ3) is 62.4. The molecule has 0 bridgehead atoms. The van der Waals surface area contributed by atoms with E-state index in [1.165, 1.54) is 116 Å². The molecule has 0 amide bonds. The van der Waals surface area contributed by atoms with Crippen molar-refractivity contribution in [2.75, 3.05) is 13.2 Å². The minimum atomic E-state index is -0.808. The maximum atomic E-state index is 12.9. The fourth-order valence-electron chi connectivity index (χ4n) is 8.54. The molecule has 0 saturated carbocycles. The minimum absolute atomic E-state index is 0.101. The Hall–Kier alpha value is -4.45. The Morgan fingerprint density at radius 1 is 0.269 bits per heavy atom. The van der Waals surface area contributed by atoms with Crippen LogP contribution in [-0.4, -0.2) is 37.2 Å². The zero-order chi connectivity index (χ0) is 56.4. The molecule has 6 nitrogen and oxygen atoms in total. The van der Waals surface area contributed by atoms with E-state index in [1.54, 1.807) is 0 Å². The summed E-state index contributed by atoms with van der Waals surface area (Å²) in [6, 6.07) is 0. The van der Waals surface area contributed by atoms with Crippen molar-refractivity contribution in [3.05, 3.63) is 134 Å². The van der Waals surface area contributed by atoms with E-state index in [-0.39, 0.29) is 31.1 Å². The lowest BCUT2D eigenvalue weighted by atomic mass is 10.1. The summed E-state index contributed by atoms with van der Waals surface area (Å²) in [7, 11) is 0. The summed E-state index contributed by atoms with van der Waals surface area (Å²) < 4.78 is 16.9. The van der Waals surface area contributed by atoms with Gasteiger partial charge in [0.2, 0.25) is 0 Å². The number of unbranched alkanes of at least 4 members (excludes halogenated alkanes) is 24. The van der Waals surface area contributed by atoms with Gasteiger partial charge in [-0.05, 0) is 141 Å². The van der Waals surface area contributed by atoms with Crippen LogP contribution in [0.2, 0.25) is 0 Å². The smallest absolute Gasteiger partial charge is 0.306 e. The monoisotopic (exact) mass is 1080 g/mol. The Labute approximate surface area is 481 Å². The van der Waals surface area contributed by atoms with Gasteiger partial charge in [0.25, 0.3) is 0 Å². The van der Waals surface area contributed by atoms with E-state index < -0.39 is 6.10 Å². The molecular weight excluding hydrogens is 961 g/mol. The Morgan fingerprint density at radius 3 is 0.846 bits per heavy atom. The van der Waals surface area contributed by atoms with Crippen molar-refractivity contribution in [3.8, 4) is 0 Å². The normalized spacial score (nSPS) is 13.0. The molecule has 0 aromatic rings. The quantitative estimate of drug-likeness (QED) is 0.0261. The Bertz CT molecular complexity index is 1670. The summed E-state index contributed by atoms with van der Waals surface area (Å²) in [5.74, 6) is -0.956. The fourth-order valence-corrected chi connectivity index (χ4v) is 8.54. The van der Waals surface area contributed by atoms with Crippen LogP contribution in [0, 0.1) is 0 Å². The van der Waals surface area contributed by atoms with Crippen LogP contribution >= 0.6 is 0 Å². The molecule has 0 radical (unpaired) electrons. The van der Waals surface area contributed by atoms with Gasteiger partial charge in [0.05, 0.1) is 0 Å². The van der Waals surface area contributed by atoms with Crippen molar-refractivity contribution < 1.29 is 28.6 Å². The molecule has 0 aromatic heterocycles. The van der Waals surface area contributed by atoms with Crippen molar-refractivity contribution in [1.29, 1.82) is 0 Å². The highest BCUT2D eigenvalue weighted by Gasteiger charge is 2.19. The predicted molar refractivity (Wildman–Crippen MR) is 339 cm³/mol. The second-order valence-corrected chi connectivity index (χ2v) is 20.9. The van der Waals surface area contributed by atoms with Gasteiger partial charge in [-0.3, -0.25) is 14.4 Å². The maximum absolute atomic E-state index is 12.9. The highest BCUT2D eigenvalue weighted by Crippen LogP contribution is 2.15. The van der Waals surface area contributed by atoms with Gasteiger partial charge in [-0.1, -0.05) is 257 Å². The van der Waals surface area contributed by atoms with Gasteiger partial charge in [0.15, 0.2) is 6.10 Å². The fraction of sp³-hybridized carbons (Fsp3) is 0.653. The van der Waals surface area contributed by atoms with Gasteiger partial charge in [0.1, 0.15) is 13.2 Å². The molecule has 0 N–H and O–H groups in total. The van der Waals surface area contributed by atoms with Gasteiger partial charge in [-0.2, -0.15) is 0 Å². The summed E-state index contributed by atoms with van der Waals surface area (Å²) in [5, 5.41) is 0. The van der Waals surface area contributed by atoms with Gasteiger partial charge in [-0.15, -0.1) is 0 Å². The number of carbonyl (C=O) groups excluding carboxylic acids is 3. The maximum Gasteiger partial charge on any atom is 0.306 e. The predicted octanol–water partition coefficient (Wildman–Crippen LogP) is 22.2. The second kappa shape index (κ2) is 65.1. The Morgan fingerprint density at radius 2 is 0.500 bits per heavy atom. The van der Waals surface area contributed by atoms with Crippen LogP contribution in [0.5, 0.6) is 0 Å². The second-order valence-electron chi connectivity index (χ2n) is 20.9. The summed E-state index contributed by atoms with van der Waals surface area (Å²) >= 11 is 0. The molecule has 0 heterocycles. The first-order valence-electron chi connectivity index (χ1n) is 32.2. The van der Waals surface area contributed by atoms with E-state index in [0.717, 1.165) is 122 Å². The molecule has 0 aliphatic heterocycles. The number of rotatable bonds is 57. The van der Waals surface area contributed by atoms with Crippen LogP contribution in [0.4, 0.5) is 0 Å². The van der Waals surface area contributed by atoms with Crippen LogP contribution in [-0.2, 0) is 28.6 Å². The lowest BCUT2D eigenvalue weighted by molar-refractivity contribution is -0.167. The SMILES string of the molecule is CC/C=C\C/C=C\C/C=C\C/C=C\C/C=C\C/C=C\C/C=C\C/C=C\CCCCC(=O)OCC(COC(=O)CCCCCCC/C=C\CCCCCCC)OC(=O)CCCCCCCCCCC/C=C\C/C=C\CCCCC. The largest absolute Gasteiger partial charge is 0.462 e. The van der Waals surface area contributed by atoms with E-state index in [2.05, 4.69) is 154 Å². The molecule has 78 heavy (non-hydrogen) atoms. The lowest BCUT2D eigenvalue weighted by Crippen LogP contribution is -2.30. The lowest BCUT2D eigenvalue weighted by Gasteiger charge is -2.18. The first-order chi connectivity index (χ1) is 38.5. The number of carbonyl (C=O) groups is 3. The van der Waals surface area contributed by atoms with Crippen molar-refractivity contribution >= 4 is 17.9 Å². The van der Waals surface area contributed by atoms with E-state index >= 15 is 0 Å². The Balaban J connectivity index is 4.46. The molecule has 0 rings (SSSR count). The van der Waals surface area contributed by atoms with E-state index in [9.17, 15) is 14.4 Å². The third-order valence-electron chi connectivity index (χ3n) is 13.4. The summed E-state index contributed by atoms with van der Waals surface area (Å²) in [4.78, 5) is 38.3. The van der Waals surface area contributed by atoms with Crippen molar-refractivity contribution in [3.63, 3.8) is 0 Å². The number of hydrogen-bond donors (Lipinski definition) is 0. The average Bonchev–Trinajstić information content (AvgIpc) is 3.44. The van der Waals surface area contributed by atoms with E-state index in [0.29, 0.717) is 25.7 Å². The number of esters is 3. The standard InChI is InChI=1S/C72H118O6/c1-4-7-10-13-16-19-22-25-28-30-32-33-34-35-36-37-38-39-41-42-44-47-50-53-56-59-62-65-71(74)77-68-69(67-76-70(73)64-61-58-55-52-49-46-27-24-21-18-15-12-9-6-3)78-72(75)66-63-60-57-54-51-48-45-43-40-31-29-26-23-20-17-14-11-8-5-2/h7,10,16-17,19-20,24-29,32-33,35-36,38-39,42,44,50,53,69H,4-6,8-9,11-15,18,21-23,30-31,34,37,40-41,43,45-49,51-52,54-68H2,1-3H3/b10-7-,19-16-,20-17-,27-24-,28-25-,29-26-,33-32-,36-35-,39-38-,44-42-,53-50-. The number of ether oxygens (including phenoxy) is 3. The Kier molecular flexibility index (Phi) is 61.4. The molecule has 0 aromatic carbocycles. The highest BCUT2D eigenvalue weighted by molar-refractivity contribution is 5.71. The van der Waals surface area contributed by atoms with Gasteiger partial charge >= 0.3 is 17.9 Å². The number of allylic oxidation sites excluding steroid dienone is 22. The minimum Gasteiger partial charge on any atom is -0.462 e.